The lowest BCUT2D eigenvalue weighted by Gasteiger charge is -2.18. The van der Waals surface area contributed by atoms with Gasteiger partial charge in [0.25, 0.3) is 0 Å². The first kappa shape index (κ1) is 16.9. The first-order valence-corrected chi connectivity index (χ1v) is 9.48. The summed E-state index contributed by atoms with van der Waals surface area (Å²) in [5.74, 6) is 0.547. The van der Waals surface area contributed by atoms with Crippen LogP contribution in [0.1, 0.15) is 23.2 Å². The van der Waals surface area contributed by atoms with Crippen molar-refractivity contribution in [2.75, 3.05) is 13.1 Å². The van der Waals surface area contributed by atoms with E-state index in [-0.39, 0.29) is 6.10 Å². The molecule has 1 atom stereocenters. The molecule has 2 heterocycles. The first-order valence-electron chi connectivity index (χ1n) is 8.04. The highest BCUT2D eigenvalue weighted by Gasteiger charge is 2.34. The standard InChI is InChI=1S/C18H22N2O3S/c1-13-7-8-17(14(2)11-13)24(21,22)20-10-9-16(12-20)23-18-6-4-5-15(3)19-18/h4-8,11,16H,9-10,12H2,1-3H3. The van der Waals surface area contributed by atoms with Gasteiger partial charge in [-0.25, -0.2) is 13.4 Å². The summed E-state index contributed by atoms with van der Waals surface area (Å²) >= 11 is 0. The monoisotopic (exact) mass is 346 g/mol. The van der Waals surface area contributed by atoms with Crippen molar-refractivity contribution in [3.63, 3.8) is 0 Å². The topological polar surface area (TPSA) is 59.5 Å². The smallest absolute Gasteiger partial charge is 0.243 e. The SMILES string of the molecule is Cc1ccc(S(=O)(=O)N2CCC(Oc3cccc(C)n3)C2)c(C)c1. The average molecular weight is 346 g/mol. The fourth-order valence-electron chi connectivity index (χ4n) is 2.99. The van der Waals surface area contributed by atoms with Gasteiger partial charge in [0.1, 0.15) is 6.10 Å². The molecule has 1 aliphatic rings. The lowest BCUT2D eigenvalue weighted by Crippen LogP contribution is -2.31. The number of hydrogen-bond donors (Lipinski definition) is 0. The van der Waals surface area contributed by atoms with Gasteiger partial charge in [-0.15, -0.1) is 0 Å². The van der Waals surface area contributed by atoms with Crippen molar-refractivity contribution in [1.29, 1.82) is 0 Å². The van der Waals surface area contributed by atoms with Gasteiger partial charge in [-0.2, -0.15) is 4.31 Å². The summed E-state index contributed by atoms with van der Waals surface area (Å²) in [6, 6.07) is 11.0. The quantitative estimate of drug-likeness (QED) is 0.854. The van der Waals surface area contributed by atoms with Crippen molar-refractivity contribution in [1.82, 2.24) is 9.29 Å². The van der Waals surface area contributed by atoms with E-state index >= 15 is 0 Å². The molecule has 1 aromatic carbocycles. The van der Waals surface area contributed by atoms with E-state index in [0.29, 0.717) is 30.3 Å². The Labute approximate surface area is 143 Å². The second-order valence-corrected chi connectivity index (χ2v) is 8.18. The molecule has 0 saturated carbocycles. The van der Waals surface area contributed by atoms with Gasteiger partial charge < -0.3 is 4.74 Å². The van der Waals surface area contributed by atoms with Gasteiger partial charge in [0.15, 0.2) is 0 Å². The number of nitrogens with zero attached hydrogens (tertiary/aromatic N) is 2. The molecular formula is C18H22N2O3S. The zero-order valence-corrected chi connectivity index (χ0v) is 15.0. The van der Waals surface area contributed by atoms with Crippen LogP contribution < -0.4 is 4.74 Å². The van der Waals surface area contributed by atoms with E-state index < -0.39 is 10.0 Å². The van der Waals surface area contributed by atoms with E-state index in [2.05, 4.69) is 4.98 Å². The molecule has 1 saturated heterocycles. The number of ether oxygens (including phenoxy) is 1. The van der Waals surface area contributed by atoms with E-state index in [1.165, 1.54) is 4.31 Å². The molecule has 24 heavy (non-hydrogen) atoms. The second kappa shape index (κ2) is 6.53. The van der Waals surface area contributed by atoms with Crippen molar-refractivity contribution >= 4 is 10.0 Å². The third-order valence-corrected chi connectivity index (χ3v) is 6.23. The van der Waals surface area contributed by atoms with Gasteiger partial charge in [0.2, 0.25) is 15.9 Å². The Morgan fingerprint density at radius 3 is 2.67 bits per heavy atom. The Hall–Kier alpha value is -1.92. The molecule has 6 heteroatoms. The van der Waals surface area contributed by atoms with Crippen molar-refractivity contribution < 1.29 is 13.2 Å². The van der Waals surface area contributed by atoms with Crippen LogP contribution in [0.2, 0.25) is 0 Å². The Balaban J connectivity index is 1.74. The third kappa shape index (κ3) is 3.44. The van der Waals surface area contributed by atoms with Crippen LogP contribution in [0, 0.1) is 20.8 Å². The molecule has 1 unspecified atom stereocenters. The van der Waals surface area contributed by atoms with E-state index in [1.807, 2.05) is 45.0 Å². The molecule has 1 fully saturated rings. The van der Waals surface area contributed by atoms with Crippen molar-refractivity contribution in [2.45, 2.75) is 38.2 Å². The van der Waals surface area contributed by atoms with Gasteiger partial charge in [-0.1, -0.05) is 23.8 Å². The molecule has 0 N–H and O–H groups in total. The van der Waals surface area contributed by atoms with Gasteiger partial charge in [0, 0.05) is 18.3 Å². The number of rotatable bonds is 4. The van der Waals surface area contributed by atoms with Crippen LogP contribution in [0.4, 0.5) is 0 Å². The largest absolute Gasteiger partial charge is 0.473 e. The normalized spacial score (nSPS) is 18.7. The minimum Gasteiger partial charge on any atom is -0.473 e. The zero-order chi connectivity index (χ0) is 17.3. The third-order valence-electron chi connectivity index (χ3n) is 4.21. The van der Waals surface area contributed by atoms with Crippen molar-refractivity contribution in [3.05, 3.63) is 53.2 Å². The predicted molar refractivity (Wildman–Crippen MR) is 92.7 cm³/mol. The van der Waals surface area contributed by atoms with Crippen LogP contribution in [0.25, 0.3) is 0 Å². The van der Waals surface area contributed by atoms with Gasteiger partial charge in [-0.05, 0) is 44.9 Å². The van der Waals surface area contributed by atoms with E-state index in [4.69, 9.17) is 4.74 Å². The highest BCUT2D eigenvalue weighted by molar-refractivity contribution is 7.89. The molecule has 1 aliphatic heterocycles. The van der Waals surface area contributed by atoms with Gasteiger partial charge in [-0.3, -0.25) is 0 Å². The predicted octanol–water partition coefficient (Wildman–Crippen LogP) is 2.85. The summed E-state index contributed by atoms with van der Waals surface area (Å²) in [5, 5.41) is 0. The Kier molecular flexibility index (Phi) is 4.60. The lowest BCUT2D eigenvalue weighted by atomic mass is 10.2. The van der Waals surface area contributed by atoms with Gasteiger partial charge in [0.05, 0.1) is 11.4 Å². The van der Waals surface area contributed by atoms with E-state index in [1.54, 1.807) is 12.1 Å². The first-order chi connectivity index (χ1) is 11.4. The fourth-order valence-corrected chi connectivity index (χ4v) is 4.69. The van der Waals surface area contributed by atoms with Crippen LogP contribution in [0.5, 0.6) is 5.88 Å². The number of benzene rings is 1. The highest BCUT2D eigenvalue weighted by atomic mass is 32.2. The average Bonchev–Trinajstić information content (AvgIpc) is 2.96. The minimum atomic E-state index is -3.49. The van der Waals surface area contributed by atoms with Crippen LogP contribution in [-0.4, -0.2) is 36.9 Å². The number of aromatic nitrogens is 1. The maximum atomic E-state index is 12.9. The van der Waals surface area contributed by atoms with Crippen molar-refractivity contribution in [2.24, 2.45) is 0 Å². The summed E-state index contributed by atoms with van der Waals surface area (Å²) < 4.78 is 33.1. The molecule has 0 amide bonds. The number of sulfonamides is 1. The zero-order valence-electron chi connectivity index (χ0n) is 14.2. The molecule has 5 nitrogen and oxygen atoms in total. The Bertz CT molecular complexity index is 849. The Morgan fingerprint density at radius 1 is 1.17 bits per heavy atom. The Morgan fingerprint density at radius 2 is 1.96 bits per heavy atom. The molecule has 128 valence electrons. The van der Waals surface area contributed by atoms with E-state index in [9.17, 15) is 8.42 Å². The maximum Gasteiger partial charge on any atom is 0.243 e. The van der Waals surface area contributed by atoms with Crippen LogP contribution in [-0.2, 0) is 10.0 Å². The number of aryl methyl sites for hydroxylation is 3. The molecule has 0 bridgehead atoms. The minimum absolute atomic E-state index is 0.167. The van der Waals surface area contributed by atoms with E-state index in [0.717, 1.165) is 16.8 Å². The fraction of sp³-hybridized carbons (Fsp3) is 0.389. The summed E-state index contributed by atoms with van der Waals surface area (Å²) in [6.07, 6.45) is 0.500. The summed E-state index contributed by atoms with van der Waals surface area (Å²) in [5.41, 5.74) is 2.71. The molecular weight excluding hydrogens is 324 g/mol. The maximum absolute atomic E-state index is 12.9. The van der Waals surface area contributed by atoms with Crippen LogP contribution >= 0.6 is 0 Å². The molecule has 0 aliphatic carbocycles. The summed E-state index contributed by atoms with van der Waals surface area (Å²) in [6.45, 7) is 6.51. The molecule has 3 rings (SSSR count). The van der Waals surface area contributed by atoms with Crippen molar-refractivity contribution in [3.8, 4) is 5.88 Å². The molecule has 0 radical (unpaired) electrons. The molecule has 1 aromatic heterocycles. The van der Waals surface area contributed by atoms with Crippen LogP contribution in [0.3, 0.4) is 0 Å². The highest BCUT2D eigenvalue weighted by Crippen LogP contribution is 2.26. The lowest BCUT2D eigenvalue weighted by molar-refractivity contribution is 0.206. The number of pyridine rings is 1. The summed E-state index contributed by atoms with van der Waals surface area (Å²) in [7, 11) is -3.49. The second-order valence-electron chi connectivity index (χ2n) is 6.28. The molecule has 0 spiro atoms. The van der Waals surface area contributed by atoms with Crippen LogP contribution in [0.15, 0.2) is 41.3 Å². The molecule has 2 aromatic rings. The summed E-state index contributed by atoms with van der Waals surface area (Å²) in [4.78, 5) is 4.69. The van der Waals surface area contributed by atoms with Gasteiger partial charge >= 0.3 is 0 Å². The number of hydrogen-bond acceptors (Lipinski definition) is 4.